The molecular weight excluding hydrogens is 164 g/mol. The van der Waals surface area contributed by atoms with Crippen molar-refractivity contribution in [1.82, 2.24) is 0 Å². The Bertz CT molecular complexity index is 218. The van der Waals surface area contributed by atoms with E-state index in [1.165, 1.54) is 0 Å². The number of rotatable bonds is 2. The molecule has 56 valence electrons. The second-order valence-electron chi connectivity index (χ2n) is 2.14. The predicted molar refractivity (Wildman–Crippen MR) is 49.6 cm³/mol. The van der Waals surface area contributed by atoms with E-state index in [0.717, 1.165) is 5.56 Å². The summed E-state index contributed by atoms with van der Waals surface area (Å²) in [6.07, 6.45) is 0.587. The molecule has 0 atom stereocenters. The minimum absolute atomic E-state index is 0. The molecule has 0 radical (unpaired) electrons. The van der Waals surface area contributed by atoms with Crippen LogP contribution < -0.4 is 0 Å². The van der Waals surface area contributed by atoms with Gasteiger partial charge in [0, 0.05) is 12.0 Å². The van der Waals surface area contributed by atoms with Gasteiger partial charge in [0.25, 0.3) is 0 Å². The third-order valence-corrected chi connectivity index (χ3v) is 1.42. The standard InChI is InChI=1S/C9H10O.Ca.2H/c1-2-9(10)8-6-4-3-5-7-8;;;/h3-7H,2H2,1H3;;;. The summed E-state index contributed by atoms with van der Waals surface area (Å²) in [6.45, 7) is 1.87. The topological polar surface area (TPSA) is 17.1 Å². The first-order valence-electron chi connectivity index (χ1n) is 3.43. The van der Waals surface area contributed by atoms with Gasteiger partial charge in [0.05, 0.1) is 0 Å². The first-order chi connectivity index (χ1) is 4.84. The zero-order valence-corrected chi connectivity index (χ0v) is 6.00. The average Bonchev–Trinajstić information content (AvgIpc) is 2.05. The number of carbonyl (C=O) groups is 1. The van der Waals surface area contributed by atoms with Gasteiger partial charge in [-0.25, -0.2) is 0 Å². The fourth-order valence-corrected chi connectivity index (χ4v) is 0.828. The van der Waals surface area contributed by atoms with Crippen molar-refractivity contribution in [2.24, 2.45) is 0 Å². The molecule has 11 heavy (non-hydrogen) atoms. The predicted octanol–water partition coefficient (Wildman–Crippen LogP) is 1.36. The van der Waals surface area contributed by atoms with E-state index in [2.05, 4.69) is 0 Å². The summed E-state index contributed by atoms with van der Waals surface area (Å²) >= 11 is 0. The van der Waals surface area contributed by atoms with Gasteiger partial charge in [-0.1, -0.05) is 37.3 Å². The maximum absolute atomic E-state index is 11.0. The summed E-state index contributed by atoms with van der Waals surface area (Å²) in [6, 6.07) is 9.34. The second kappa shape index (κ2) is 5.76. The monoisotopic (exact) mass is 176 g/mol. The molecule has 1 rings (SSSR count). The molecule has 0 aliphatic heterocycles. The number of ketones is 1. The summed E-state index contributed by atoms with van der Waals surface area (Å²) in [4.78, 5) is 11.0. The van der Waals surface area contributed by atoms with Crippen molar-refractivity contribution in [3.63, 3.8) is 0 Å². The Kier molecular flexibility index (Phi) is 5.83. The fourth-order valence-electron chi connectivity index (χ4n) is 0.828. The molecule has 0 unspecified atom stereocenters. The summed E-state index contributed by atoms with van der Waals surface area (Å²) in [7, 11) is 0. The van der Waals surface area contributed by atoms with Gasteiger partial charge in [0.15, 0.2) is 5.78 Å². The Morgan fingerprint density at radius 3 is 2.27 bits per heavy atom. The fraction of sp³-hybridized carbons (Fsp3) is 0.222. The Morgan fingerprint density at radius 1 is 1.27 bits per heavy atom. The van der Waals surface area contributed by atoms with Gasteiger partial charge in [-0.05, 0) is 0 Å². The number of Topliss-reactive ketones (excluding diaryl/α,β-unsaturated/α-hetero) is 1. The molecule has 1 aromatic rings. The van der Waals surface area contributed by atoms with Gasteiger partial charge in [-0.3, -0.25) is 4.79 Å². The minimum atomic E-state index is 0. The van der Waals surface area contributed by atoms with E-state index in [9.17, 15) is 4.79 Å². The van der Waals surface area contributed by atoms with E-state index < -0.39 is 0 Å². The third kappa shape index (κ3) is 3.37. The Morgan fingerprint density at radius 2 is 1.82 bits per heavy atom. The van der Waals surface area contributed by atoms with Crippen molar-refractivity contribution >= 4 is 43.5 Å². The molecule has 0 bridgehead atoms. The van der Waals surface area contributed by atoms with Crippen LogP contribution in [0.3, 0.4) is 0 Å². The van der Waals surface area contributed by atoms with Crippen LogP contribution in [0.15, 0.2) is 30.3 Å². The van der Waals surface area contributed by atoms with Gasteiger partial charge >= 0.3 is 37.7 Å². The maximum atomic E-state index is 11.0. The normalized spacial score (nSPS) is 8.45. The SMILES string of the molecule is CCC(=O)c1ccccc1.[CaH2]. The Balaban J connectivity index is 0.000001000. The number of benzene rings is 1. The van der Waals surface area contributed by atoms with Crippen LogP contribution in [0.1, 0.15) is 23.7 Å². The molecule has 0 aliphatic rings. The van der Waals surface area contributed by atoms with Crippen molar-refractivity contribution in [2.45, 2.75) is 13.3 Å². The van der Waals surface area contributed by atoms with Crippen molar-refractivity contribution in [3.8, 4) is 0 Å². The summed E-state index contributed by atoms with van der Waals surface area (Å²) < 4.78 is 0. The van der Waals surface area contributed by atoms with Crippen molar-refractivity contribution < 1.29 is 4.79 Å². The van der Waals surface area contributed by atoms with Gasteiger partial charge in [-0.2, -0.15) is 0 Å². The molecule has 0 amide bonds. The van der Waals surface area contributed by atoms with Gasteiger partial charge in [0.2, 0.25) is 0 Å². The molecule has 0 spiro atoms. The molecule has 1 nitrogen and oxygen atoms in total. The van der Waals surface area contributed by atoms with Crippen molar-refractivity contribution in [3.05, 3.63) is 35.9 Å². The van der Waals surface area contributed by atoms with Gasteiger partial charge < -0.3 is 0 Å². The zero-order valence-electron chi connectivity index (χ0n) is 6.00. The molecule has 0 fully saturated rings. The van der Waals surface area contributed by atoms with Crippen molar-refractivity contribution in [2.75, 3.05) is 0 Å². The second-order valence-corrected chi connectivity index (χ2v) is 2.14. The summed E-state index contributed by atoms with van der Waals surface area (Å²) in [5.41, 5.74) is 0.810. The van der Waals surface area contributed by atoms with Crippen LogP contribution in [-0.2, 0) is 0 Å². The zero-order chi connectivity index (χ0) is 7.40. The van der Waals surface area contributed by atoms with E-state index in [1.54, 1.807) is 0 Å². The molecule has 2 heteroatoms. The van der Waals surface area contributed by atoms with Gasteiger partial charge in [0.1, 0.15) is 0 Å². The summed E-state index contributed by atoms with van der Waals surface area (Å²) in [5.74, 6) is 0.209. The average molecular weight is 176 g/mol. The molecule has 0 aliphatic carbocycles. The Hall–Kier alpha value is 0.150. The molecule has 0 heterocycles. The van der Waals surface area contributed by atoms with Crippen LogP contribution in [0.5, 0.6) is 0 Å². The number of carbonyl (C=O) groups excluding carboxylic acids is 1. The third-order valence-electron chi connectivity index (χ3n) is 1.42. The number of hydrogen-bond donors (Lipinski definition) is 0. The van der Waals surface area contributed by atoms with Gasteiger partial charge in [-0.15, -0.1) is 0 Å². The van der Waals surface area contributed by atoms with Crippen LogP contribution in [0, 0.1) is 0 Å². The van der Waals surface area contributed by atoms with E-state index >= 15 is 0 Å². The van der Waals surface area contributed by atoms with Crippen LogP contribution in [0.25, 0.3) is 0 Å². The van der Waals surface area contributed by atoms with E-state index in [1.807, 2.05) is 37.3 Å². The number of hydrogen-bond acceptors (Lipinski definition) is 1. The molecular formula is C9H12CaO. The van der Waals surface area contributed by atoms with Crippen LogP contribution in [0.2, 0.25) is 0 Å². The molecule has 0 saturated carbocycles. The van der Waals surface area contributed by atoms with E-state index in [-0.39, 0.29) is 43.5 Å². The van der Waals surface area contributed by atoms with E-state index in [4.69, 9.17) is 0 Å². The quantitative estimate of drug-likeness (QED) is 0.491. The molecule has 1 aromatic carbocycles. The molecule has 0 aromatic heterocycles. The summed E-state index contributed by atoms with van der Waals surface area (Å²) in [5, 5.41) is 0. The van der Waals surface area contributed by atoms with Crippen molar-refractivity contribution in [1.29, 1.82) is 0 Å². The van der Waals surface area contributed by atoms with Crippen LogP contribution in [0.4, 0.5) is 0 Å². The van der Waals surface area contributed by atoms with E-state index in [0.29, 0.717) is 6.42 Å². The van der Waals surface area contributed by atoms with Crippen LogP contribution in [-0.4, -0.2) is 43.5 Å². The van der Waals surface area contributed by atoms with Crippen LogP contribution >= 0.6 is 0 Å². The Labute approximate surface area is 96.8 Å². The molecule has 0 N–H and O–H groups in total. The first kappa shape index (κ1) is 11.1. The first-order valence-corrected chi connectivity index (χ1v) is 3.43. The molecule has 0 saturated heterocycles.